The Labute approximate surface area is 249 Å². The van der Waals surface area contributed by atoms with Crippen molar-refractivity contribution >= 4 is 17.9 Å². The number of fused-ring (bicyclic) bond motifs is 1. The second kappa shape index (κ2) is 13.1. The Bertz CT molecular complexity index is 1450. The molecule has 4 rings (SSSR count). The van der Waals surface area contributed by atoms with Crippen LogP contribution < -0.4 is 9.64 Å². The van der Waals surface area contributed by atoms with Gasteiger partial charge in [0.15, 0.2) is 0 Å². The highest BCUT2D eigenvalue weighted by Gasteiger charge is 2.41. The van der Waals surface area contributed by atoms with E-state index >= 15 is 0 Å². The number of rotatable bonds is 7. The van der Waals surface area contributed by atoms with Crippen LogP contribution in [0.15, 0.2) is 66.7 Å². The fourth-order valence-corrected chi connectivity index (χ4v) is 5.08. The Morgan fingerprint density at radius 2 is 1.45 bits per heavy atom. The number of anilines is 1. The van der Waals surface area contributed by atoms with Gasteiger partial charge in [-0.05, 0) is 81.3 Å². The van der Waals surface area contributed by atoms with E-state index in [4.69, 9.17) is 14.2 Å². The number of ether oxygens (including phenoxy) is 3. The van der Waals surface area contributed by atoms with Gasteiger partial charge in [-0.3, -0.25) is 9.80 Å². The summed E-state index contributed by atoms with van der Waals surface area (Å²) in [5, 5.41) is 0. The molecular weight excluding hydrogens is 594 g/mol. The molecule has 0 aromatic heterocycles. The average molecular weight is 625 g/mol. The molecule has 2 atom stereocenters. The van der Waals surface area contributed by atoms with Gasteiger partial charge in [0.2, 0.25) is 0 Å². The Balaban J connectivity index is 1.85. The van der Waals surface area contributed by atoms with Gasteiger partial charge in [0.25, 0.3) is 0 Å². The Kier molecular flexibility index (Phi) is 9.65. The van der Waals surface area contributed by atoms with E-state index in [-0.39, 0.29) is 25.7 Å². The summed E-state index contributed by atoms with van der Waals surface area (Å²) in [6.45, 7) is 4.19. The first-order valence-electron chi connectivity index (χ1n) is 13.8. The minimum absolute atomic E-state index is 0.0284. The fourth-order valence-electron chi connectivity index (χ4n) is 5.08. The standard InChI is InChI=1S/C31H30F6N2O5/c1-4-42-28(40)38(18-20-14-21(30(32,33)34)16-22(15-20)31(35,36)37)27-13-19(3)39(29(41)43-5-2)26-12-11-24(17-25(26)27)44-23-9-7-6-8-10-23/h6-12,14-17,19,27H,4-5,13,18H2,1-3H3. The van der Waals surface area contributed by atoms with Crippen LogP contribution in [0.3, 0.4) is 0 Å². The summed E-state index contributed by atoms with van der Waals surface area (Å²) in [4.78, 5) is 28.8. The summed E-state index contributed by atoms with van der Waals surface area (Å²) in [5.41, 5.74) is -2.72. The Morgan fingerprint density at radius 1 is 0.841 bits per heavy atom. The fraction of sp³-hybridized carbons (Fsp3) is 0.355. The maximum Gasteiger partial charge on any atom is 0.416 e. The predicted octanol–water partition coefficient (Wildman–Crippen LogP) is 8.97. The summed E-state index contributed by atoms with van der Waals surface area (Å²) >= 11 is 0. The number of carbonyl (C=O) groups excluding carboxylic acids is 2. The molecule has 1 aliphatic heterocycles. The van der Waals surface area contributed by atoms with Crippen molar-refractivity contribution in [1.29, 1.82) is 0 Å². The summed E-state index contributed by atoms with van der Waals surface area (Å²) in [6.07, 6.45) is -11.7. The number of amides is 2. The molecule has 2 amide bonds. The van der Waals surface area contributed by atoms with Crippen molar-refractivity contribution in [3.05, 3.63) is 89.0 Å². The van der Waals surface area contributed by atoms with Crippen LogP contribution in [-0.4, -0.2) is 36.3 Å². The molecule has 0 bridgehead atoms. The van der Waals surface area contributed by atoms with Crippen LogP contribution in [0.2, 0.25) is 0 Å². The van der Waals surface area contributed by atoms with Gasteiger partial charge in [-0.25, -0.2) is 9.59 Å². The van der Waals surface area contributed by atoms with E-state index in [9.17, 15) is 35.9 Å². The van der Waals surface area contributed by atoms with Gasteiger partial charge in [0.1, 0.15) is 11.5 Å². The van der Waals surface area contributed by atoms with Crippen LogP contribution in [0.4, 0.5) is 41.6 Å². The van der Waals surface area contributed by atoms with Gasteiger partial charge in [-0.1, -0.05) is 18.2 Å². The number of halogens is 6. The third-order valence-corrected chi connectivity index (χ3v) is 6.95. The smallest absolute Gasteiger partial charge is 0.416 e. The molecule has 1 aliphatic rings. The molecule has 3 aromatic rings. The molecule has 1 heterocycles. The molecule has 0 saturated carbocycles. The van der Waals surface area contributed by atoms with Crippen LogP contribution >= 0.6 is 0 Å². The maximum absolute atomic E-state index is 13.6. The zero-order valence-corrected chi connectivity index (χ0v) is 24.0. The molecule has 44 heavy (non-hydrogen) atoms. The minimum Gasteiger partial charge on any atom is -0.457 e. The predicted molar refractivity (Wildman–Crippen MR) is 148 cm³/mol. The van der Waals surface area contributed by atoms with Gasteiger partial charge in [-0.15, -0.1) is 0 Å². The van der Waals surface area contributed by atoms with Crippen LogP contribution in [0.25, 0.3) is 0 Å². The van der Waals surface area contributed by atoms with E-state index < -0.39 is 59.9 Å². The van der Waals surface area contributed by atoms with Crippen molar-refractivity contribution in [2.24, 2.45) is 0 Å². The Hall–Kier alpha value is -4.42. The van der Waals surface area contributed by atoms with Gasteiger partial charge >= 0.3 is 24.5 Å². The molecule has 0 spiro atoms. The molecule has 3 aromatic carbocycles. The molecule has 0 N–H and O–H groups in total. The summed E-state index contributed by atoms with van der Waals surface area (Å²) in [7, 11) is 0. The van der Waals surface area contributed by atoms with Crippen molar-refractivity contribution < 1.29 is 50.1 Å². The number of hydrogen-bond donors (Lipinski definition) is 0. The summed E-state index contributed by atoms with van der Waals surface area (Å²) in [5.74, 6) is 0.807. The van der Waals surface area contributed by atoms with Crippen LogP contribution in [0.5, 0.6) is 11.5 Å². The topological polar surface area (TPSA) is 68.3 Å². The lowest BCUT2D eigenvalue weighted by molar-refractivity contribution is -0.143. The third kappa shape index (κ3) is 7.37. The molecule has 0 radical (unpaired) electrons. The second-order valence-corrected chi connectivity index (χ2v) is 10.0. The lowest BCUT2D eigenvalue weighted by atomic mass is 9.90. The van der Waals surface area contributed by atoms with Crippen molar-refractivity contribution in [3.63, 3.8) is 0 Å². The van der Waals surface area contributed by atoms with Gasteiger partial charge < -0.3 is 14.2 Å². The molecule has 13 heteroatoms. The number of carbonyl (C=O) groups is 2. The van der Waals surface area contributed by atoms with E-state index in [1.807, 2.05) is 0 Å². The normalized spacial score (nSPS) is 16.6. The van der Waals surface area contributed by atoms with Crippen LogP contribution in [0.1, 0.15) is 55.5 Å². The molecular formula is C31H30F6N2O5. The highest BCUT2D eigenvalue weighted by molar-refractivity contribution is 5.90. The number of alkyl halides is 6. The highest BCUT2D eigenvalue weighted by atomic mass is 19.4. The summed E-state index contributed by atoms with van der Waals surface area (Å²) < 4.78 is 98.2. The lowest BCUT2D eigenvalue weighted by Gasteiger charge is -2.42. The van der Waals surface area contributed by atoms with Crippen LogP contribution in [0, 0.1) is 0 Å². The molecule has 7 nitrogen and oxygen atoms in total. The van der Waals surface area contributed by atoms with E-state index in [1.54, 1.807) is 62.4 Å². The average Bonchev–Trinajstić information content (AvgIpc) is 2.95. The zero-order valence-electron chi connectivity index (χ0n) is 24.0. The van der Waals surface area contributed by atoms with Gasteiger partial charge in [-0.2, -0.15) is 26.3 Å². The first kappa shape index (κ1) is 32.5. The summed E-state index contributed by atoms with van der Waals surface area (Å²) in [6, 6.07) is 13.1. The molecule has 0 fully saturated rings. The number of para-hydroxylation sites is 1. The highest BCUT2D eigenvalue weighted by Crippen LogP contribution is 2.44. The van der Waals surface area contributed by atoms with Crippen molar-refractivity contribution in [2.45, 2.75) is 58.2 Å². The van der Waals surface area contributed by atoms with Crippen molar-refractivity contribution in [2.75, 3.05) is 18.1 Å². The second-order valence-electron chi connectivity index (χ2n) is 10.0. The van der Waals surface area contributed by atoms with E-state index in [1.165, 1.54) is 11.8 Å². The van der Waals surface area contributed by atoms with Crippen molar-refractivity contribution in [3.8, 4) is 11.5 Å². The first-order chi connectivity index (χ1) is 20.7. The minimum atomic E-state index is -5.07. The molecule has 236 valence electrons. The number of nitrogens with zero attached hydrogens (tertiary/aromatic N) is 2. The lowest BCUT2D eigenvalue weighted by Crippen LogP contribution is -2.47. The third-order valence-electron chi connectivity index (χ3n) is 6.95. The van der Waals surface area contributed by atoms with Gasteiger partial charge in [0.05, 0.1) is 36.1 Å². The monoisotopic (exact) mass is 624 g/mol. The molecule has 0 saturated heterocycles. The van der Waals surface area contributed by atoms with Crippen LogP contribution in [-0.2, 0) is 28.4 Å². The largest absolute Gasteiger partial charge is 0.457 e. The first-order valence-corrected chi connectivity index (χ1v) is 13.8. The SMILES string of the molecule is CCOC(=O)N(Cc1cc(C(F)(F)F)cc(C(F)(F)F)c1)C1CC(C)N(C(=O)OCC)c2ccc(Oc3ccccc3)cc21. The van der Waals surface area contributed by atoms with E-state index in [0.717, 1.165) is 4.90 Å². The maximum atomic E-state index is 13.6. The number of benzene rings is 3. The quantitative estimate of drug-likeness (QED) is 0.246. The van der Waals surface area contributed by atoms with Crippen molar-refractivity contribution in [1.82, 2.24) is 4.90 Å². The number of hydrogen-bond acceptors (Lipinski definition) is 5. The van der Waals surface area contributed by atoms with E-state index in [2.05, 4.69) is 0 Å². The van der Waals surface area contributed by atoms with E-state index in [0.29, 0.717) is 34.9 Å². The zero-order chi connectivity index (χ0) is 32.2. The Morgan fingerprint density at radius 3 is 2.02 bits per heavy atom. The molecule has 2 unspecified atom stereocenters. The van der Waals surface area contributed by atoms with Gasteiger partial charge in [0, 0.05) is 18.2 Å². The molecule has 0 aliphatic carbocycles.